The number of carbonyl (C=O) groups excluding carboxylic acids is 1. The van der Waals surface area contributed by atoms with Gasteiger partial charge in [-0.25, -0.2) is 0 Å². The van der Waals surface area contributed by atoms with Gasteiger partial charge < -0.3 is 20.5 Å². The number of nitrogens with one attached hydrogen (secondary N) is 1. The highest BCUT2D eigenvalue weighted by atomic mass is 79.9. The molecular formula is C13H18BrClN2O3. The van der Waals surface area contributed by atoms with E-state index in [4.69, 9.17) is 15.2 Å². The molecule has 1 atom stereocenters. The van der Waals surface area contributed by atoms with Gasteiger partial charge in [0.05, 0.1) is 4.47 Å². The van der Waals surface area contributed by atoms with Gasteiger partial charge in [-0.2, -0.15) is 0 Å². The van der Waals surface area contributed by atoms with E-state index in [1.54, 1.807) is 6.92 Å². The Morgan fingerprint density at radius 3 is 2.85 bits per heavy atom. The highest BCUT2D eigenvalue weighted by Gasteiger charge is 2.16. The number of hydrogen-bond acceptors (Lipinski definition) is 4. The van der Waals surface area contributed by atoms with E-state index in [1.807, 2.05) is 12.1 Å². The fourth-order valence-electron chi connectivity index (χ4n) is 1.83. The third-order valence-corrected chi connectivity index (χ3v) is 3.24. The Kier molecular flexibility index (Phi) is 6.58. The molecule has 0 fully saturated rings. The maximum absolute atomic E-state index is 11.5. The van der Waals surface area contributed by atoms with Crippen molar-refractivity contribution >= 4 is 34.2 Å². The maximum atomic E-state index is 11.5. The van der Waals surface area contributed by atoms with Gasteiger partial charge in [-0.15, -0.1) is 12.4 Å². The van der Waals surface area contributed by atoms with Crippen LogP contribution in [0.25, 0.3) is 0 Å². The fourth-order valence-corrected chi connectivity index (χ4v) is 2.44. The minimum atomic E-state index is -0.132. The minimum Gasteiger partial charge on any atom is -0.486 e. The summed E-state index contributed by atoms with van der Waals surface area (Å²) in [5, 5.41) is 2.83. The molecule has 0 saturated heterocycles. The van der Waals surface area contributed by atoms with Crippen LogP contribution in [0.15, 0.2) is 16.6 Å². The molecule has 0 saturated carbocycles. The number of fused-ring (bicyclic) bond motifs is 1. The van der Waals surface area contributed by atoms with Crippen molar-refractivity contribution in [3.8, 4) is 11.5 Å². The monoisotopic (exact) mass is 364 g/mol. The normalized spacial score (nSPS) is 14.2. The van der Waals surface area contributed by atoms with Crippen molar-refractivity contribution in [2.75, 3.05) is 13.2 Å². The first-order valence-electron chi connectivity index (χ1n) is 6.16. The third kappa shape index (κ3) is 4.54. The van der Waals surface area contributed by atoms with Gasteiger partial charge in [-0.3, -0.25) is 4.79 Å². The zero-order chi connectivity index (χ0) is 13.8. The van der Waals surface area contributed by atoms with Crippen LogP contribution in [0.5, 0.6) is 11.5 Å². The van der Waals surface area contributed by atoms with E-state index in [0.29, 0.717) is 31.9 Å². The summed E-state index contributed by atoms with van der Waals surface area (Å²) in [6, 6.07) is 3.66. The molecule has 1 unspecified atom stereocenters. The van der Waals surface area contributed by atoms with E-state index in [-0.39, 0.29) is 24.4 Å². The summed E-state index contributed by atoms with van der Waals surface area (Å²) >= 11 is 3.44. The van der Waals surface area contributed by atoms with Crippen LogP contribution in [0.2, 0.25) is 0 Å². The van der Waals surface area contributed by atoms with E-state index >= 15 is 0 Å². The van der Waals surface area contributed by atoms with Crippen LogP contribution in [-0.4, -0.2) is 25.2 Å². The molecule has 0 aliphatic carbocycles. The molecule has 1 aromatic rings. The second-order valence-electron chi connectivity index (χ2n) is 4.56. The van der Waals surface area contributed by atoms with Crippen molar-refractivity contribution < 1.29 is 14.3 Å². The van der Waals surface area contributed by atoms with Crippen LogP contribution < -0.4 is 20.5 Å². The molecule has 1 amide bonds. The van der Waals surface area contributed by atoms with Crippen molar-refractivity contribution in [3.63, 3.8) is 0 Å². The number of hydrogen-bond donors (Lipinski definition) is 2. The smallest absolute Gasteiger partial charge is 0.221 e. The van der Waals surface area contributed by atoms with Crippen molar-refractivity contribution in [2.24, 2.45) is 5.73 Å². The van der Waals surface area contributed by atoms with E-state index in [0.717, 1.165) is 15.8 Å². The molecule has 5 nitrogen and oxygen atoms in total. The SMILES string of the molecule is CC(N)CC(=O)NCc1cc(Br)c2c(c1)OCCO2.Cl. The average molecular weight is 366 g/mol. The quantitative estimate of drug-likeness (QED) is 0.856. The highest BCUT2D eigenvalue weighted by molar-refractivity contribution is 9.10. The van der Waals surface area contributed by atoms with Gasteiger partial charge >= 0.3 is 0 Å². The summed E-state index contributed by atoms with van der Waals surface area (Å²) < 4.78 is 11.9. The van der Waals surface area contributed by atoms with Gasteiger partial charge in [0.15, 0.2) is 11.5 Å². The van der Waals surface area contributed by atoms with Crippen LogP contribution in [0.1, 0.15) is 18.9 Å². The molecule has 0 aromatic heterocycles. The third-order valence-electron chi connectivity index (χ3n) is 2.65. The van der Waals surface area contributed by atoms with Crippen molar-refractivity contribution in [1.82, 2.24) is 5.32 Å². The first-order valence-corrected chi connectivity index (χ1v) is 6.96. The molecule has 1 aliphatic rings. The van der Waals surface area contributed by atoms with E-state index in [1.165, 1.54) is 0 Å². The summed E-state index contributed by atoms with van der Waals surface area (Å²) in [4.78, 5) is 11.5. The lowest BCUT2D eigenvalue weighted by atomic mass is 10.2. The summed E-state index contributed by atoms with van der Waals surface area (Å²) in [5.41, 5.74) is 6.53. The Bertz CT molecular complexity index is 483. The predicted molar refractivity (Wildman–Crippen MR) is 82.5 cm³/mol. The molecule has 0 radical (unpaired) electrons. The number of benzene rings is 1. The van der Waals surface area contributed by atoms with Crippen LogP contribution in [0.3, 0.4) is 0 Å². The first kappa shape index (κ1) is 17.1. The number of rotatable bonds is 4. The van der Waals surface area contributed by atoms with Crippen LogP contribution in [-0.2, 0) is 11.3 Å². The van der Waals surface area contributed by atoms with Gasteiger partial charge in [0.1, 0.15) is 13.2 Å². The van der Waals surface area contributed by atoms with Crippen molar-refractivity contribution in [2.45, 2.75) is 25.9 Å². The van der Waals surface area contributed by atoms with Crippen molar-refractivity contribution in [3.05, 3.63) is 22.2 Å². The molecular weight excluding hydrogens is 348 g/mol. The van der Waals surface area contributed by atoms with Gasteiger partial charge in [0, 0.05) is 19.0 Å². The van der Waals surface area contributed by atoms with Gasteiger partial charge in [0.2, 0.25) is 5.91 Å². The lowest BCUT2D eigenvalue weighted by Crippen LogP contribution is -2.29. The zero-order valence-electron chi connectivity index (χ0n) is 11.1. The number of carbonyl (C=O) groups is 1. The van der Waals surface area contributed by atoms with Gasteiger partial charge in [-0.05, 0) is 40.5 Å². The number of ether oxygens (including phenoxy) is 2. The second kappa shape index (κ2) is 7.71. The van der Waals surface area contributed by atoms with Gasteiger partial charge in [-0.1, -0.05) is 0 Å². The Labute approximate surface area is 132 Å². The highest BCUT2D eigenvalue weighted by Crippen LogP contribution is 2.38. The number of amides is 1. The fraction of sp³-hybridized carbons (Fsp3) is 0.462. The molecule has 7 heteroatoms. The molecule has 1 heterocycles. The van der Waals surface area contributed by atoms with E-state index in [9.17, 15) is 4.79 Å². The van der Waals surface area contributed by atoms with Crippen molar-refractivity contribution in [1.29, 1.82) is 0 Å². The van der Waals surface area contributed by atoms with Crippen LogP contribution in [0, 0.1) is 0 Å². The van der Waals surface area contributed by atoms with Crippen LogP contribution >= 0.6 is 28.3 Å². The number of nitrogens with two attached hydrogens (primary N) is 1. The summed E-state index contributed by atoms with van der Waals surface area (Å²) in [5.74, 6) is 1.37. The Morgan fingerprint density at radius 1 is 1.45 bits per heavy atom. The average Bonchev–Trinajstić information content (AvgIpc) is 2.36. The standard InChI is InChI=1S/C13H17BrN2O3.ClH/c1-8(15)4-12(17)16-7-9-5-10(14)13-11(6-9)18-2-3-19-13;/h5-6,8H,2-4,7,15H2,1H3,(H,16,17);1H. The Hall–Kier alpha value is -0.980. The van der Waals surface area contributed by atoms with E-state index < -0.39 is 0 Å². The van der Waals surface area contributed by atoms with Crippen LogP contribution in [0.4, 0.5) is 0 Å². The Morgan fingerprint density at radius 2 is 2.15 bits per heavy atom. The summed E-state index contributed by atoms with van der Waals surface area (Å²) in [6.07, 6.45) is 0.325. The summed E-state index contributed by atoms with van der Waals surface area (Å²) in [7, 11) is 0. The predicted octanol–water partition coefficient (Wildman–Crippen LogP) is 2.00. The molecule has 112 valence electrons. The molecule has 1 aromatic carbocycles. The summed E-state index contributed by atoms with van der Waals surface area (Å²) in [6.45, 7) is 3.34. The largest absolute Gasteiger partial charge is 0.486 e. The number of halogens is 2. The topological polar surface area (TPSA) is 73.6 Å². The zero-order valence-corrected chi connectivity index (χ0v) is 13.6. The maximum Gasteiger partial charge on any atom is 0.221 e. The molecule has 3 N–H and O–H groups in total. The van der Waals surface area contributed by atoms with Gasteiger partial charge in [0.25, 0.3) is 0 Å². The molecule has 0 bridgehead atoms. The van der Waals surface area contributed by atoms with E-state index in [2.05, 4.69) is 21.2 Å². The minimum absolute atomic E-state index is 0. The lowest BCUT2D eigenvalue weighted by molar-refractivity contribution is -0.121. The molecule has 2 rings (SSSR count). The first-order chi connectivity index (χ1) is 9.06. The molecule has 1 aliphatic heterocycles. The second-order valence-corrected chi connectivity index (χ2v) is 5.41. The lowest BCUT2D eigenvalue weighted by Gasteiger charge is -2.20. The molecule has 20 heavy (non-hydrogen) atoms. The molecule has 0 spiro atoms. The Balaban J connectivity index is 0.00000200.